The maximum atomic E-state index is 15.0. The third-order valence-electron chi connectivity index (χ3n) is 4.52. The van der Waals surface area contributed by atoms with Gasteiger partial charge in [-0.15, -0.1) is 0 Å². The molecule has 0 saturated carbocycles. The molecule has 0 aliphatic carbocycles. The molecule has 4 heterocycles. The monoisotopic (exact) mass is 486 g/mol. The van der Waals surface area contributed by atoms with E-state index in [1.54, 1.807) is 24.1 Å². The zero-order valence-electron chi connectivity index (χ0n) is 17.4. The molecule has 0 atom stereocenters. The molecule has 0 bridgehead atoms. The van der Waals surface area contributed by atoms with Crippen molar-refractivity contribution >= 4 is 38.3 Å². The minimum absolute atomic E-state index is 0.0156. The molecule has 9 nitrogen and oxygen atoms in total. The fourth-order valence-corrected chi connectivity index (χ4v) is 4.40. The van der Waals surface area contributed by atoms with Crippen LogP contribution in [0.2, 0.25) is 5.02 Å². The highest BCUT2D eigenvalue weighted by atomic mass is 35.5. The molecule has 168 valence electrons. The second-order valence-corrected chi connectivity index (χ2v) is 8.89. The number of nitrogens with one attached hydrogen (secondary N) is 1. The summed E-state index contributed by atoms with van der Waals surface area (Å²) in [6.07, 6.45) is 7.59. The Balaban J connectivity index is 1.60. The zero-order chi connectivity index (χ0) is 23.6. The summed E-state index contributed by atoms with van der Waals surface area (Å²) in [4.78, 5) is 11.4. The van der Waals surface area contributed by atoms with Crippen LogP contribution < -0.4 is 9.46 Å². The molecule has 0 aliphatic rings. The summed E-state index contributed by atoms with van der Waals surface area (Å²) in [6, 6.07) is 2.57. The van der Waals surface area contributed by atoms with E-state index in [1.807, 2.05) is 6.20 Å². The number of halogens is 2. The van der Waals surface area contributed by atoms with Gasteiger partial charge in [0.15, 0.2) is 16.5 Å². The third kappa shape index (κ3) is 4.72. The van der Waals surface area contributed by atoms with Gasteiger partial charge in [0.05, 0.1) is 23.9 Å². The molecule has 4 rings (SSSR count). The van der Waals surface area contributed by atoms with E-state index in [0.717, 1.165) is 11.5 Å². The number of aryl methyl sites for hydroxylation is 1. The summed E-state index contributed by atoms with van der Waals surface area (Å²) in [7, 11) is -1.23. The number of aromatic nitrogens is 5. The Kier molecular flexibility index (Phi) is 6.13. The van der Waals surface area contributed by atoms with Crippen molar-refractivity contribution in [3.63, 3.8) is 0 Å². The fraction of sp³-hybridized carbons (Fsp3) is 0.143. The highest BCUT2D eigenvalue weighted by Gasteiger charge is 2.24. The van der Waals surface area contributed by atoms with Crippen LogP contribution in [-0.2, 0) is 23.5 Å². The van der Waals surface area contributed by atoms with Gasteiger partial charge in [-0.05, 0) is 12.1 Å². The lowest BCUT2D eigenvalue weighted by atomic mass is 10.1. The number of methoxy groups -OCH3 is 1. The topological polar surface area (TPSA) is 112 Å². The van der Waals surface area contributed by atoms with E-state index in [2.05, 4.69) is 36.6 Å². The second kappa shape index (κ2) is 9.01. The van der Waals surface area contributed by atoms with Crippen molar-refractivity contribution in [2.75, 3.05) is 11.8 Å². The van der Waals surface area contributed by atoms with Gasteiger partial charge in [0, 0.05) is 49.2 Å². The Morgan fingerprint density at radius 1 is 1.27 bits per heavy atom. The molecule has 0 aromatic carbocycles. The molecule has 0 unspecified atom stereocenters. The van der Waals surface area contributed by atoms with Gasteiger partial charge in [0.2, 0.25) is 5.88 Å². The first-order valence-electron chi connectivity index (χ1n) is 9.40. The summed E-state index contributed by atoms with van der Waals surface area (Å²) in [5.74, 6) is 4.34. The Morgan fingerprint density at radius 2 is 2.09 bits per heavy atom. The van der Waals surface area contributed by atoms with Gasteiger partial charge in [-0.1, -0.05) is 23.4 Å². The van der Waals surface area contributed by atoms with E-state index in [0.29, 0.717) is 11.1 Å². The lowest BCUT2D eigenvalue weighted by molar-refractivity contribution is 0.385. The number of fused-ring (bicyclic) bond motifs is 1. The maximum Gasteiger partial charge on any atom is 0.268 e. The number of anilines is 1. The van der Waals surface area contributed by atoms with Crippen molar-refractivity contribution < 1.29 is 17.5 Å². The Labute approximate surface area is 193 Å². The van der Waals surface area contributed by atoms with E-state index in [4.69, 9.17) is 16.3 Å². The molecule has 0 aliphatic heterocycles. The van der Waals surface area contributed by atoms with Crippen LogP contribution in [0.5, 0.6) is 5.88 Å². The predicted molar refractivity (Wildman–Crippen MR) is 120 cm³/mol. The lowest BCUT2D eigenvalue weighted by Crippen LogP contribution is -2.17. The molecule has 0 spiro atoms. The first-order valence-corrected chi connectivity index (χ1v) is 11.3. The van der Waals surface area contributed by atoms with Crippen LogP contribution in [0.25, 0.3) is 10.9 Å². The molecule has 1 N–H and O–H groups in total. The lowest BCUT2D eigenvalue weighted by Gasteiger charge is -2.12. The van der Waals surface area contributed by atoms with Crippen molar-refractivity contribution in [2.45, 2.75) is 11.3 Å². The fourth-order valence-electron chi connectivity index (χ4n) is 3.02. The Bertz CT molecular complexity index is 1530. The van der Waals surface area contributed by atoms with Gasteiger partial charge < -0.3 is 4.74 Å². The highest BCUT2D eigenvalue weighted by Crippen LogP contribution is 2.27. The van der Waals surface area contributed by atoms with Crippen molar-refractivity contribution in [1.82, 2.24) is 24.7 Å². The smallest absolute Gasteiger partial charge is 0.268 e. The van der Waals surface area contributed by atoms with Crippen LogP contribution in [-0.4, -0.2) is 40.3 Å². The number of pyridine rings is 3. The van der Waals surface area contributed by atoms with Gasteiger partial charge in [0.25, 0.3) is 10.0 Å². The molecule has 4 aromatic rings. The minimum Gasteiger partial charge on any atom is -0.480 e. The molecule has 0 amide bonds. The Morgan fingerprint density at radius 3 is 2.88 bits per heavy atom. The van der Waals surface area contributed by atoms with Crippen LogP contribution in [0.4, 0.5) is 10.2 Å². The normalized spacial score (nSPS) is 11.2. The molecule has 4 aromatic heterocycles. The van der Waals surface area contributed by atoms with Crippen molar-refractivity contribution in [3.8, 4) is 17.7 Å². The van der Waals surface area contributed by atoms with Gasteiger partial charge in [-0.2, -0.15) is 5.10 Å². The molecule has 33 heavy (non-hydrogen) atoms. The van der Waals surface area contributed by atoms with Gasteiger partial charge >= 0.3 is 0 Å². The number of hydrogen-bond acceptors (Lipinski definition) is 7. The van der Waals surface area contributed by atoms with Crippen LogP contribution in [0, 0.1) is 17.7 Å². The minimum atomic E-state index is -4.28. The van der Waals surface area contributed by atoms with Gasteiger partial charge in [-0.25, -0.2) is 22.8 Å². The first kappa shape index (κ1) is 22.4. The summed E-state index contributed by atoms with van der Waals surface area (Å²) in [6.45, 7) is 0. The maximum absolute atomic E-state index is 15.0. The van der Waals surface area contributed by atoms with E-state index < -0.39 is 21.7 Å². The van der Waals surface area contributed by atoms with E-state index in [1.165, 1.54) is 25.6 Å². The SMILES string of the molecule is COc1ncc(Cl)cc1S(=O)(=O)Nc1nccc(CC#Cc2cncc3nn(C)cc23)c1F. The summed E-state index contributed by atoms with van der Waals surface area (Å²) >= 11 is 5.86. The molecule has 0 saturated heterocycles. The average Bonchev–Trinajstić information content (AvgIpc) is 3.17. The number of sulfonamides is 1. The Hall–Kier alpha value is -3.75. The summed E-state index contributed by atoms with van der Waals surface area (Å²) in [5.41, 5.74) is 1.51. The first-order chi connectivity index (χ1) is 15.8. The molecule has 12 heteroatoms. The zero-order valence-corrected chi connectivity index (χ0v) is 18.9. The van der Waals surface area contributed by atoms with Crippen molar-refractivity contribution in [2.24, 2.45) is 7.05 Å². The van der Waals surface area contributed by atoms with E-state index >= 15 is 4.39 Å². The van der Waals surface area contributed by atoms with E-state index in [9.17, 15) is 8.42 Å². The standard InChI is InChI=1S/C21H16ClFN6O3S/c1-29-12-16-14(9-24-11-17(16)27-29)5-3-4-13-6-7-25-20(19(13)23)28-33(30,31)18-8-15(22)10-26-21(18)32-2/h6-12H,4H2,1-2H3,(H,25,28). The molecule has 0 radical (unpaired) electrons. The largest absolute Gasteiger partial charge is 0.480 e. The van der Waals surface area contributed by atoms with Crippen LogP contribution in [0.3, 0.4) is 0 Å². The molecular weight excluding hydrogens is 471 g/mol. The summed E-state index contributed by atoms with van der Waals surface area (Å²) in [5, 5.41) is 5.18. The van der Waals surface area contributed by atoms with Crippen LogP contribution in [0.15, 0.2) is 48.0 Å². The molecular formula is C21H16ClFN6O3S. The second-order valence-electron chi connectivity index (χ2n) is 6.80. The quantitative estimate of drug-likeness (QED) is 0.431. The van der Waals surface area contributed by atoms with Crippen LogP contribution in [0.1, 0.15) is 11.1 Å². The summed E-state index contributed by atoms with van der Waals surface area (Å²) < 4.78 is 49.3. The predicted octanol–water partition coefficient (Wildman–Crippen LogP) is 2.95. The van der Waals surface area contributed by atoms with Gasteiger partial charge in [-0.3, -0.25) is 14.4 Å². The number of nitrogens with zero attached hydrogens (tertiary/aromatic N) is 5. The molecule has 0 fully saturated rings. The number of ether oxygens (including phenoxy) is 1. The average molecular weight is 487 g/mol. The highest BCUT2D eigenvalue weighted by molar-refractivity contribution is 7.92. The number of hydrogen-bond donors (Lipinski definition) is 1. The third-order valence-corrected chi connectivity index (χ3v) is 6.06. The van der Waals surface area contributed by atoms with Crippen molar-refractivity contribution in [3.05, 3.63) is 65.1 Å². The van der Waals surface area contributed by atoms with Gasteiger partial charge in [0.1, 0.15) is 5.52 Å². The van der Waals surface area contributed by atoms with Crippen LogP contribution >= 0.6 is 11.6 Å². The van der Waals surface area contributed by atoms with E-state index in [-0.39, 0.29) is 27.8 Å². The number of rotatable bonds is 5. The van der Waals surface area contributed by atoms with Crippen molar-refractivity contribution in [1.29, 1.82) is 0 Å².